The van der Waals surface area contributed by atoms with E-state index in [0.717, 1.165) is 11.6 Å². The monoisotopic (exact) mass is 441 g/mol. The van der Waals surface area contributed by atoms with E-state index >= 15 is 8.78 Å². The van der Waals surface area contributed by atoms with Gasteiger partial charge >= 0.3 is 0 Å². The van der Waals surface area contributed by atoms with Crippen molar-refractivity contribution in [2.24, 2.45) is 7.05 Å². The first-order valence-electron chi connectivity index (χ1n) is 9.71. The summed E-state index contributed by atoms with van der Waals surface area (Å²) in [5.41, 5.74) is 2.06. The van der Waals surface area contributed by atoms with Crippen molar-refractivity contribution in [1.82, 2.24) is 20.0 Å². The molecule has 2 heterocycles. The summed E-state index contributed by atoms with van der Waals surface area (Å²) in [6.45, 7) is -0.407. The molecule has 0 unspecified atom stereocenters. The van der Waals surface area contributed by atoms with Crippen LogP contribution in [-0.2, 0) is 7.05 Å². The van der Waals surface area contributed by atoms with Crippen molar-refractivity contribution < 1.29 is 23.4 Å². The van der Waals surface area contributed by atoms with Gasteiger partial charge in [0.05, 0.1) is 38.2 Å². The van der Waals surface area contributed by atoms with E-state index in [4.69, 9.17) is 9.47 Å². The molecule has 0 radical (unpaired) electrons. The predicted octanol–water partition coefficient (Wildman–Crippen LogP) is 3.46. The highest BCUT2D eigenvalue weighted by atomic mass is 19.1. The average Bonchev–Trinajstić information content (AvgIpc) is 3.24. The zero-order valence-corrected chi connectivity index (χ0v) is 17.7. The van der Waals surface area contributed by atoms with Crippen molar-refractivity contribution >= 4 is 22.3 Å². The van der Waals surface area contributed by atoms with Crippen molar-refractivity contribution in [2.45, 2.75) is 0 Å². The maximum atomic E-state index is 15.1. The molecular weight excluding hydrogens is 420 g/mol. The lowest BCUT2D eigenvalue weighted by atomic mass is 10.1. The number of aliphatic hydroxyl groups excluding tert-OH is 1. The quantitative estimate of drug-likeness (QED) is 0.470. The highest BCUT2D eigenvalue weighted by Gasteiger charge is 2.26. The van der Waals surface area contributed by atoms with Crippen LogP contribution in [0.4, 0.5) is 20.2 Å². The van der Waals surface area contributed by atoms with Crippen LogP contribution in [-0.4, -0.2) is 52.5 Å². The molecule has 2 aromatic heterocycles. The third kappa shape index (κ3) is 3.80. The van der Waals surface area contributed by atoms with E-state index in [1.807, 2.05) is 12.3 Å². The van der Waals surface area contributed by atoms with Gasteiger partial charge in [-0.25, -0.2) is 8.78 Å². The molecule has 0 fully saturated rings. The maximum absolute atomic E-state index is 15.1. The van der Waals surface area contributed by atoms with Crippen LogP contribution in [0.1, 0.15) is 0 Å². The summed E-state index contributed by atoms with van der Waals surface area (Å²) in [6, 6.07) is 8.04. The summed E-state index contributed by atoms with van der Waals surface area (Å²) in [5.74, 6) is -2.15. The van der Waals surface area contributed by atoms with E-state index in [9.17, 15) is 5.11 Å². The molecule has 32 heavy (non-hydrogen) atoms. The summed E-state index contributed by atoms with van der Waals surface area (Å²) in [5, 5.41) is 22.9. The van der Waals surface area contributed by atoms with Gasteiger partial charge in [-0.15, -0.1) is 10.2 Å². The van der Waals surface area contributed by atoms with E-state index in [0.29, 0.717) is 22.3 Å². The smallest absolute Gasteiger partial charge is 0.191 e. The fourth-order valence-electron chi connectivity index (χ4n) is 3.47. The van der Waals surface area contributed by atoms with Gasteiger partial charge in [0.1, 0.15) is 5.69 Å². The predicted molar refractivity (Wildman–Crippen MR) is 115 cm³/mol. The van der Waals surface area contributed by atoms with Crippen LogP contribution in [0.25, 0.3) is 22.2 Å². The zero-order chi connectivity index (χ0) is 22.8. The molecule has 4 aromatic rings. The largest absolute Gasteiger partial charge is 0.493 e. The van der Waals surface area contributed by atoms with E-state index in [1.165, 1.54) is 19.1 Å². The molecule has 8 nitrogen and oxygen atoms in total. The van der Waals surface area contributed by atoms with Crippen LogP contribution >= 0.6 is 0 Å². The molecule has 0 atom stereocenters. The molecule has 0 saturated heterocycles. The Morgan fingerprint density at radius 2 is 1.75 bits per heavy atom. The number of anilines is 2. The number of aryl methyl sites for hydroxylation is 1. The second kappa shape index (κ2) is 8.75. The first-order chi connectivity index (χ1) is 15.5. The van der Waals surface area contributed by atoms with E-state index in [1.54, 1.807) is 36.1 Å². The van der Waals surface area contributed by atoms with Gasteiger partial charge in [-0.05, 0) is 24.3 Å². The van der Waals surface area contributed by atoms with Crippen molar-refractivity contribution in [1.29, 1.82) is 0 Å². The van der Waals surface area contributed by atoms with Gasteiger partial charge < -0.3 is 19.5 Å². The Labute approximate surface area is 182 Å². The van der Waals surface area contributed by atoms with Crippen LogP contribution < -0.4 is 14.4 Å². The molecular formula is C22H21F2N5O3. The maximum Gasteiger partial charge on any atom is 0.191 e. The van der Waals surface area contributed by atoms with Crippen LogP contribution in [0.3, 0.4) is 0 Å². The molecule has 166 valence electrons. The number of halogens is 2. The summed E-state index contributed by atoms with van der Waals surface area (Å²) in [7, 11) is 4.36. The fraction of sp³-hybridized carbons (Fsp3) is 0.227. The third-order valence-electron chi connectivity index (χ3n) is 5.03. The minimum atomic E-state index is -0.900. The summed E-state index contributed by atoms with van der Waals surface area (Å²) in [6.07, 6.45) is 3.48. The molecule has 0 aliphatic heterocycles. The Bertz CT molecular complexity index is 1250. The lowest BCUT2D eigenvalue weighted by Crippen LogP contribution is -2.24. The lowest BCUT2D eigenvalue weighted by molar-refractivity contribution is 0.304. The third-order valence-corrected chi connectivity index (χ3v) is 5.03. The Morgan fingerprint density at radius 1 is 1.03 bits per heavy atom. The SMILES string of the molecule is COc1cc(OC)c(F)c(N(CCO)c2ccc3nnc(-c4cnn(C)c4)cc3c2)c1F. The van der Waals surface area contributed by atoms with Crippen molar-refractivity contribution in [3.05, 3.63) is 54.4 Å². The first kappa shape index (κ1) is 21.4. The summed E-state index contributed by atoms with van der Waals surface area (Å²) in [4.78, 5) is 1.33. The highest BCUT2D eigenvalue weighted by Crippen LogP contribution is 2.40. The number of ether oxygens (including phenoxy) is 2. The van der Waals surface area contributed by atoms with Gasteiger partial charge in [-0.3, -0.25) is 4.68 Å². The van der Waals surface area contributed by atoms with E-state index in [2.05, 4.69) is 15.3 Å². The zero-order valence-electron chi connectivity index (χ0n) is 17.7. The molecule has 0 aliphatic carbocycles. The second-order valence-electron chi connectivity index (χ2n) is 7.01. The topological polar surface area (TPSA) is 85.5 Å². The minimum Gasteiger partial charge on any atom is -0.493 e. The summed E-state index contributed by atoms with van der Waals surface area (Å²) >= 11 is 0. The van der Waals surface area contributed by atoms with Gasteiger partial charge in [0.15, 0.2) is 23.1 Å². The average molecular weight is 441 g/mol. The number of rotatable bonds is 7. The number of hydrogen-bond acceptors (Lipinski definition) is 7. The Kier molecular flexibility index (Phi) is 5.87. The number of nitrogens with zero attached hydrogens (tertiary/aromatic N) is 5. The van der Waals surface area contributed by atoms with Crippen LogP contribution in [0.15, 0.2) is 42.7 Å². The molecule has 4 rings (SSSR count). The molecule has 0 saturated carbocycles. The van der Waals surface area contributed by atoms with Gasteiger partial charge in [-0.1, -0.05) is 0 Å². The van der Waals surface area contributed by atoms with Crippen molar-refractivity contribution in [3.8, 4) is 22.8 Å². The van der Waals surface area contributed by atoms with Crippen LogP contribution in [0, 0.1) is 11.6 Å². The first-order valence-corrected chi connectivity index (χ1v) is 9.71. The van der Waals surface area contributed by atoms with E-state index < -0.39 is 11.6 Å². The van der Waals surface area contributed by atoms with Crippen molar-refractivity contribution in [3.63, 3.8) is 0 Å². The van der Waals surface area contributed by atoms with E-state index in [-0.39, 0.29) is 30.3 Å². The fourth-order valence-corrected chi connectivity index (χ4v) is 3.47. The van der Waals surface area contributed by atoms with Crippen LogP contribution in [0.5, 0.6) is 11.5 Å². The molecule has 0 spiro atoms. The number of benzene rings is 2. The van der Waals surface area contributed by atoms with Gasteiger partial charge in [0.2, 0.25) is 0 Å². The molecule has 0 bridgehead atoms. The normalized spacial score (nSPS) is 11.1. The number of aliphatic hydroxyl groups is 1. The highest BCUT2D eigenvalue weighted by molar-refractivity contribution is 5.86. The molecule has 2 aromatic carbocycles. The Balaban J connectivity index is 1.86. The molecule has 10 heteroatoms. The molecule has 0 amide bonds. The Morgan fingerprint density at radius 3 is 2.34 bits per heavy atom. The van der Waals surface area contributed by atoms with Gasteiger partial charge in [0, 0.05) is 42.5 Å². The van der Waals surface area contributed by atoms with Gasteiger partial charge in [0.25, 0.3) is 0 Å². The van der Waals surface area contributed by atoms with Crippen LogP contribution in [0.2, 0.25) is 0 Å². The number of methoxy groups -OCH3 is 2. The Hall–Kier alpha value is -3.79. The standard InChI is InChI=1S/C22H21F2N5O3/c1-28-12-14(11-25-28)17-9-13-8-15(4-5-16(13)26-27-17)29(6-7-30)22-20(23)18(31-2)10-19(32-3)21(22)24/h4-5,8-12,30H,6-7H2,1-3H3. The second-order valence-corrected chi connectivity index (χ2v) is 7.01. The lowest BCUT2D eigenvalue weighted by Gasteiger charge is -2.26. The summed E-state index contributed by atoms with van der Waals surface area (Å²) < 4.78 is 42.0. The number of aromatic nitrogens is 4. The number of fused-ring (bicyclic) bond motifs is 1. The molecule has 1 N–H and O–H groups in total. The van der Waals surface area contributed by atoms with Gasteiger partial charge in [-0.2, -0.15) is 5.10 Å². The number of hydrogen-bond donors (Lipinski definition) is 1. The van der Waals surface area contributed by atoms with Crippen molar-refractivity contribution in [2.75, 3.05) is 32.3 Å². The molecule has 0 aliphatic rings. The minimum absolute atomic E-state index is 0.0658.